The molecule has 0 aromatic heterocycles. The summed E-state index contributed by atoms with van der Waals surface area (Å²) in [5, 5.41) is 30.3. The van der Waals surface area contributed by atoms with Gasteiger partial charge in [-0.25, -0.2) is 4.79 Å². The number of carbonyl (C=O) groups excluding carboxylic acids is 1. The van der Waals surface area contributed by atoms with Crippen LogP contribution in [0.5, 0.6) is 11.5 Å². The fourth-order valence-corrected chi connectivity index (χ4v) is 1.76. The maximum Gasteiger partial charge on any atom is 0.329 e. The third kappa shape index (κ3) is 3.86. The van der Waals surface area contributed by atoms with E-state index in [9.17, 15) is 24.9 Å². The molecule has 1 amide bonds. The Morgan fingerprint density at radius 1 is 1.30 bits per heavy atom. The Kier molecular flexibility index (Phi) is 4.93. The Morgan fingerprint density at radius 3 is 2.45 bits per heavy atom. The second-order valence-corrected chi connectivity index (χ2v) is 4.72. The summed E-state index contributed by atoms with van der Waals surface area (Å²) < 4.78 is 0. The normalized spacial score (nSPS) is 13.5. The smallest absolute Gasteiger partial charge is 0.329 e. The number of amides is 1. The molecule has 7 heteroatoms. The van der Waals surface area contributed by atoms with Crippen molar-refractivity contribution in [3.05, 3.63) is 23.8 Å². The molecule has 0 aliphatic heterocycles. The predicted molar refractivity (Wildman–Crippen MR) is 71.3 cm³/mol. The molecular weight excluding hydrogens is 264 g/mol. The summed E-state index contributed by atoms with van der Waals surface area (Å²) in [5.74, 6) is -2.29. The lowest BCUT2D eigenvalue weighted by atomic mass is 9.92. The molecule has 0 bridgehead atoms. The van der Waals surface area contributed by atoms with E-state index in [1.807, 2.05) is 0 Å². The van der Waals surface area contributed by atoms with Crippen LogP contribution in [-0.2, 0) is 16.0 Å². The van der Waals surface area contributed by atoms with E-state index in [1.54, 1.807) is 0 Å². The van der Waals surface area contributed by atoms with Gasteiger partial charge in [-0.05, 0) is 24.6 Å². The van der Waals surface area contributed by atoms with Gasteiger partial charge < -0.3 is 26.4 Å². The number of hydrogen-bond donors (Lipinski definition) is 5. The molecule has 1 aromatic rings. The first-order valence-electron chi connectivity index (χ1n) is 6.04. The quantitative estimate of drug-likeness (QED) is 0.464. The summed E-state index contributed by atoms with van der Waals surface area (Å²) in [4.78, 5) is 22.9. The van der Waals surface area contributed by atoms with Gasteiger partial charge >= 0.3 is 5.97 Å². The van der Waals surface area contributed by atoms with E-state index in [0.717, 1.165) is 0 Å². The first kappa shape index (κ1) is 15.8. The number of nitrogens with two attached hydrogens (primary N) is 1. The van der Waals surface area contributed by atoms with Gasteiger partial charge in [0.1, 0.15) is 5.54 Å². The van der Waals surface area contributed by atoms with Crippen LogP contribution in [0.3, 0.4) is 0 Å². The number of phenolic OH excluding ortho intramolecular Hbond substituents is 2. The van der Waals surface area contributed by atoms with Gasteiger partial charge in [-0.3, -0.25) is 4.79 Å². The molecule has 0 unspecified atom stereocenters. The highest BCUT2D eigenvalue weighted by atomic mass is 16.4. The van der Waals surface area contributed by atoms with Crippen molar-refractivity contribution in [3.63, 3.8) is 0 Å². The van der Waals surface area contributed by atoms with Crippen molar-refractivity contribution in [2.75, 3.05) is 6.54 Å². The summed E-state index contributed by atoms with van der Waals surface area (Å²) in [6.07, 6.45) is -0.00379. The number of nitrogens with one attached hydrogen (secondary N) is 1. The Hall–Kier alpha value is -2.28. The Balaban J connectivity index is 2.93. The van der Waals surface area contributed by atoms with Crippen LogP contribution in [0.1, 0.15) is 18.9 Å². The lowest BCUT2D eigenvalue weighted by molar-refractivity contribution is -0.146. The van der Waals surface area contributed by atoms with Gasteiger partial charge in [0.2, 0.25) is 5.91 Å². The van der Waals surface area contributed by atoms with E-state index >= 15 is 0 Å². The number of benzene rings is 1. The minimum absolute atomic E-state index is 0.0314. The van der Waals surface area contributed by atoms with Crippen LogP contribution in [0, 0.1) is 0 Å². The van der Waals surface area contributed by atoms with E-state index in [2.05, 4.69) is 5.32 Å². The average molecular weight is 282 g/mol. The van der Waals surface area contributed by atoms with Gasteiger partial charge in [0, 0.05) is 19.4 Å². The van der Waals surface area contributed by atoms with E-state index in [4.69, 9.17) is 5.73 Å². The van der Waals surface area contributed by atoms with Crippen LogP contribution in [-0.4, -0.2) is 39.3 Å². The molecule has 0 radical (unpaired) electrons. The fraction of sp³-hybridized carbons (Fsp3) is 0.385. The SMILES string of the molecule is C[C@@](Cc1ccc(O)c(O)c1)(NC(=O)CCN)C(=O)O. The molecule has 20 heavy (non-hydrogen) atoms. The van der Waals surface area contributed by atoms with Gasteiger partial charge in [-0.1, -0.05) is 6.07 Å². The van der Waals surface area contributed by atoms with E-state index < -0.39 is 17.4 Å². The van der Waals surface area contributed by atoms with Crippen LogP contribution in [0.15, 0.2) is 18.2 Å². The van der Waals surface area contributed by atoms with Gasteiger partial charge in [-0.2, -0.15) is 0 Å². The highest BCUT2D eigenvalue weighted by Gasteiger charge is 2.35. The standard InChI is InChI=1S/C13H18N2O5/c1-13(12(19)20,15-11(18)4-5-14)7-8-2-3-9(16)10(17)6-8/h2-3,6,16-17H,4-5,7,14H2,1H3,(H,15,18)(H,19,20)/t13-/m0/s1. The van der Waals surface area contributed by atoms with Crippen molar-refractivity contribution in [2.24, 2.45) is 5.73 Å². The number of carboxylic acids is 1. The third-order valence-electron chi connectivity index (χ3n) is 2.86. The predicted octanol–water partition coefficient (Wildman–Crippen LogP) is -0.0514. The molecule has 110 valence electrons. The molecule has 1 aromatic carbocycles. The Bertz CT molecular complexity index is 517. The molecule has 0 spiro atoms. The summed E-state index contributed by atoms with van der Waals surface area (Å²) in [6.45, 7) is 1.50. The molecular formula is C13H18N2O5. The van der Waals surface area contributed by atoms with Gasteiger partial charge in [0.15, 0.2) is 11.5 Å². The van der Waals surface area contributed by atoms with Crippen LogP contribution in [0.25, 0.3) is 0 Å². The highest BCUT2D eigenvalue weighted by molar-refractivity contribution is 5.87. The van der Waals surface area contributed by atoms with E-state index in [0.29, 0.717) is 5.56 Å². The average Bonchev–Trinajstić information content (AvgIpc) is 2.33. The summed E-state index contributed by atoms with van der Waals surface area (Å²) in [5.41, 5.74) is 4.20. The number of rotatable bonds is 6. The zero-order valence-electron chi connectivity index (χ0n) is 11.1. The molecule has 1 atom stereocenters. The zero-order valence-corrected chi connectivity index (χ0v) is 11.1. The number of aromatic hydroxyl groups is 2. The second kappa shape index (κ2) is 6.25. The molecule has 6 N–H and O–H groups in total. The van der Waals surface area contributed by atoms with Crippen molar-refractivity contribution in [1.29, 1.82) is 0 Å². The molecule has 0 saturated carbocycles. The minimum Gasteiger partial charge on any atom is -0.504 e. The lowest BCUT2D eigenvalue weighted by Gasteiger charge is -2.26. The summed E-state index contributed by atoms with van der Waals surface area (Å²) >= 11 is 0. The highest BCUT2D eigenvalue weighted by Crippen LogP contribution is 2.26. The molecule has 0 heterocycles. The van der Waals surface area contributed by atoms with Crippen LogP contribution < -0.4 is 11.1 Å². The largest absolute Gasteiger partial charge is 0.504 e. The fourth-order valence-electron chi connectivity index (χ4n) is 1.76. The summed E-state index contributed by atoms with van der Waals surface area (Å²) in [6, 6.07) is 3.99. The maximum absolute atomic E-state index is 11.5. The number of hydrogen-bond acceptors (Lipinski definition) is 5. The maximum atomic E-state index is 11.5. The number of aliphatic carboxylic acids is 1. The van der Waals surface area contributed by atoms with Crippen molar-refractivity contribution >= 4 is 11.9 Å². The van der Waals surface area contributed by atoms with Crippen molar-refractivity contribution in [1.82, 2.24) is 5.32 Å². The summed E-state index contributed by atoms with van der Waals surface area (Å²) in [7, 11) is 0. The topological polar surface area (TPSA) is 133 Å². The zero-order chi connectivity index (χ0) is 15.3. The van der Waals surface area contributed by atoms with Gasteiger partial charge in [-0.15, -0.1) is 0 Å². The van der Waals surface area contributed by atoms with Crippen molar-refractivity contribution in [2.45, 2.75) is 25.3 Å². The Labute approximate surface area is 116 Å². The minimum atomic E-state index is -1.52. The van der Waals surface area contributed by atoms with Crippen LogP contribution in [0.2, 0.25) is 0 Å². The molecule has 7 nitrogen and oxygen atoms in total. The van der Waals surface area contributed by atoms with Crippen molar-refractivity contribution in [3.8, 4) is 11.5 Å². The molecule has 0 aliphatic rings. The first-order chi connectivity index (χ1) is 9.28. The molecule has 0 fully saturated rings. The lowest BCUT2D eigenvalue weighted by Crippen LogP contribution is -2.54. The van der Waals surface area contributed by atoms with Crippen LogP contribution >= 0.6 is 0 Å². The molecule has 1 rings (SSSR count). The monoisotopic (exact) mass is 282 g/mol. The third-order valence-corrected chi connectivity index (χ3v) is 2.86. The van der Waals surface area contributed by atoms with Crippen LogP contribution in [0.4, 0.5) is 0 Å². The first-order valence-corrected chi connectivity index (χ1v) is 6.04. The Morgan fingerprint density at radius 2 is 1.95 bits per heavy atom. The number of carbonyl (C=O) groups is 2. The van der Waals surface area contributed by atoms with Crippen molar-refractivity contribution < 1.29 is 24.9 Å². The number of carboxylic acid groups (broad SMARTS) is 1. The van der Waals surface area contributed by atoms with E-state index in [-0.39, 0.29) is 30.9 Å². The second-order valence-electron chi connectivity index (χ2n) is 4.72. The molecule has 0 saturated heterocycles. The molecule has 0 aliphatic carbocycles. The number of phenols is 2. The van der Waals surface area contributed by atoms with E-state index in [1.165, 1.54) is 25.1 Å². The van der Waals surface area contributed by atoms with Gasteiger partial charge in [0.25, 0.3) is 0 Å². The van der Waals surface area contributed by atoms with Gasteiger partial charge in [0.05, 0.1) is 0 Å².